The molecule has 0 atom stereocenters. The Kier molecular flexibility index (Phi) is 5.48. The van der Waals surface area contributed by atoms with Gasteiger partial charge in [0.05, 0.1) is 6.54 Å². The van der Waals surface area contributed by atoms with E-state index in [1.165, 1.54) is 7.05 Å². The van der Waals surface area contributed by atoms with E-state index in [2.05, 4.69) is 15.6 Å². The highest BCUT2D eigenvalue weighted by atomic mass is 32.1. The average molecular weight is 319 g/mol. The van der Waals surface area contributed by atoms with E-state index >= 15 is 0 Å². The monoisotopic (exact) mass is 319 g/mol. The van der Waals surface area contributed by atoms with Crippen LogP contribution in [0, 0.1) is 6.92 Å². The lowest BCUT2D eigenvalue weighted by molar-refractivity contribution is -0.127. The Labute approximate surface area is 132 Å². The van der Waals surface area contributed by atoms with Crippen molar-refractivity contribution in [1.29, 1.82) is 0 Å². The molecule has 2 rings (SSSR count). The predicted octanol–water partition coefficient (Wildman–Crippen LogP) is 1.36. The molecule has 0 aliphatic carbocycles. The van der Waals surface area contributed by atoms with Crippen molar-refractivity contribution in [2.24, 2.45) is 0 Å². The molecular formula is C15H17N3O3S. The topological polar surface area (TPSA) is 80.3 Å². The van der Waals surface area contributed by atoms with Crippen LogP contribution in [0.15, 0.2) is 29.6 Å². The molecule has 2 aromatic rings. The number of hydrogen-bond donors (Lipinski definition) is 2. The number of ether oxygens (including phenoxy) is 1. The Morgan fingerprint density at radius 3 is 2.55 bits per heavy atom. The van der Waals surface area contributed by atoms with Gasteiger partial charge in [-0.15, -0.1) is 11.3 Å². The van der Waals surface area contributed by atoms with E-state index in [-0.39, 0.29) is 25.0 Å². The fourth-order valence-electron chi connectivity index (χ4n) is 1.65. The zero-order valence-electron chi connectivity index (χ0n) is 12.4. The first-order valence-corrected chi connectivity index (χ1v) is 7.59. The van der Waals surface area contributed by atoms with Crippen LogP contribution >= 0.6 is 11.3 Å². The molecule has 0 saturated carbocycles. The van der Waals surface area contributed by atoms with Gasteiger partial charge in [-0.2, -0.15) is 0 Å². The van der Waals surface area contributed by atoms with Crippen LogP contribution < -0.4 is 15.4 Å². The van der Waals surface area contributed by atoms with Gasteiger partial charge in [-0.1, -0.05) is 0 Å². The molecular weight excluding hydrogens is 302 g/mol. The second kappa shape index (κ2) is 7.56. The third-order valence-corrected chi connectivity index (χ3v) is 3.82. The number of nitrogens with zero attached hydrogens (tertiary/aromatic N) is 1. The second-order valence-corrected chi connectivity index (χ2v) is 5.42. The summed E-state index contributed by atoms with van der Waals surface area (Å²) in [6.45, 7) is 1.77. The maximum Gasteiger partial charge on any atom is 0.258 e. The number of benzene rings is 1. The highest BCUT2D eigenvalue weighted by Gasteiger charge is 2.06. The van der Waals surface area contributed by atoms with Gasteiger partial charge >= 0.3 is 0 Å². The normalized spacial score (nSPS) is 10.1. The van der Waals surface area contributed by atoms with Gasteiger partial charge in [-0.25, -0.2) is 4.98 Å². The molecule has 0 radical (unpaired) electrons. The van der Waals surface area contributed by atoms with Gasteiger partial charge in [0.1, 0.15) is 10.8 Å². The summed E-state index contributed by atoms with van der Waals surface area (Å²) in [4.78, 5) is 26.9. The molecule has 0 aliphatic rings. The maximum atomic E-state index is 11.5. The standard InChI is InChI=1S/C15H17N3O3S/c1-10-9-22-15(18-10)11-3-5-12(6-4-11)21-8-14(20)17-7-13(19)16-2/h3-6,9H,7-8H2,1-2H3,(H,16,19)(H,17,20). The highest BCUT2D eigenvalue weighted by molar-refractivity contribution is 7.13. The highest BCUT2D eigenvalue weighted by Crippen LogP contribution is 2.25. The van der Waals surface area contributed by atoms with E-state index < -0.39 is 0 Å². The summed E-state index contributed by atoms with van der Waals surface area (Å²) in [5.41, 5.74) is 2.00. The first-order chi connectivity index (χ1) is 10.6. The SMILES string of the molecule is CNC(=O)CNC(=O)COc1ccc(-c2nc(C)cs2)cc1. The van der Waals surface area contributed by atoms with Gasteiger partial charge in [-0.05, 0) is 31.2 Å². The molecule has 0 aliphatic heterocycles. The zero-order chi connectivity index (χ0) is 15.9. The van der Waals surface area contributed by atoms with Crippen molar-refractivity contribution in [1.82, 2.24) is 15.6 Å². The lowest BCUT2D eigenvalue weighted by atomic mass is 10.2. The summed E-state index contributed by atoms with van der Waals surface area (Å²) in [6.07, 6.45) is 0. The molecule has 1 heterocycles. The van der Waals surface area contributed by atoms with E-state index in [9.17, 15) is 9.59 Å². The molecule has 0 spiro atoms. The molecule has 7 heteroatoms. The van der Waals surface area contributed by atoms with Crippen LogP contribution in [0.2, 0.25) is 0 Å². The van der Waals surface area contributed by atoms with Gasteiger partial charge in [-0.3, -0.25) is 9.59 Å². The molecule has 0 bridgehead atoms. The first kappa shape index (κ1) is 16.0. The Hall–Kier alpha value is -2.41. The lowest BCUT2D eigenvalue weighted by Gasteiger charge is -2.07. The van der Waals surface area contributed by atoms with Crippen LogP contribution in [0.1, 0.15) is 5.69 Å². The fourth-order valence-corrected chi connectivity index (χ4v) is 2.45. The number of rotatable bonds is 6. The average Bonchev–Trinajstić information content (AvgIpc) is 2.97. The summed E-state index contributed by atoms with van der Waals surface area (Å²) in [5, 5.41) is 7.83. The molecule has 0 fully saturated rings. The van der Waals surface area contributed by atoms with Crippen LogP contribution in [0.3, 0.4) is 0 Å². The quantitative estimate of drug-likeness (QED) is 0.842. The summed E-state index contributed by atoms with van der Waals surface area (Å²) < 4.78 is 5.37. The fraction of sp³-hybridized carbons (Fsp3) is 0.267. The third-order valence-electron chi connectivity index (χ3n) is 2.82. The second-order valence-electron chi connectivity index (χ2n) is 4.56. The van der Waals surface area contributed by atoms with Gasteiger partial charge in [0.2, 0.25) is 5.91 Å². The summed E-state index contributed by atoms with van der Waals surface area (Å²) in [6, 6.07) is 7.38. The largest absolute Gasteiger partial charge is 0.484 e. The molecule has 0 unspecified atom stereocenters. The van der Waals surface area contributed by atoms with E-state index in [0.717, 1.165) is 16.3 Å². The minimum absolute atomic E-state index is 0.0545. The van der Waals surface area contributed by atoms with Crippen molar-refractivity contribution in [3.8, 4) is 16.3 Å². The number of likely N-dealkylation sites (N-methyl/N-ethyl adjacent to an activating group) is 1. The van der Waals surface area contributed by atoms with E-state index in [0.29, 0.717) is 5.75 Å². The van der Waals surface area contributed by atoms with E-state index in [1.807, 2.05) is 24.4 Å². The molecule has 1 aromatic carbocycles. The van der Waals surface area contributed by atoms with Gasteiger partial charge in [0, 0.05) is 23.7 Å². The van der Waals surface area contributed by atoms with Crippen LogP contribution in [0.5, 0.6) is 5.75 Å². The smallest absolute Gasteiger partial charge is 0.258 e. The molecule has 1 aromatic heterocycles. The van der Waals surface area contributed by atoms with Crippen molar-refractivity contribution in [3.63, 3.8) is 0 Å². The van der Waals surface area contributed by atoms with Crippen molar-refractivity contribution < 1.29 is 14.3 Å². The summed E-state index contributed by atoms with van der Waals surface area (Å²) in [7, 11) is 1.51. The van der Waals surface area contributed by atoms with Crippen molar-refractivity contribution in [2.45, 2.75) is 6.92 Å². The minimum Gasteiger partial charge on any atom is -0.484 e. The number of carbonyl (C=O) groups is 2. The number of aryl methyl sites for hydroxylation is 1. The van der Waals surface area contributed by atoms with Gasteiger partial charge < -0.3 is 15.4 Å². The first-order valence-electron chi connectivity index (χ1n) is 6.71. The molecule has 116 valence electrons. The van der Waals surface area contributed by atoms with Crippen molar-refractivity contribution >= 4 is 23.2 Å². The number of nitrogens with one attached hydrogen (secondary N) is 2. The van der Waals surface area contributed by atoms with Gasteiger partial charge in [0.25, 0.3) is 5.91 Å². The minimum atomic E-state index is -0.344. The maximum absolute atomic E-state index is 11.5. The van der Waals surface area contributed by atoms with Crippen LogP contribution in [-0.2, 0) is 9.59 Å². The molecule has 22 heavy (non-hydrogen) atoms. The molecule has 6 nitrogen and oxygen atoms in total. The number of aromatic nitrogens is 1. The van der Waals surface area contributed by atoms with Crippen LogP contribution in [0.4, 0.5) is 0 Å². The Bertz CT molecular complexity index is 652. The van der Waals surface area contributed by atoms with Crippen molar-refractivity contribution in [3.05, 3.63) is 35.3 Å². The molecule has 2 N–H and O–H groups in total. The van der Waals surface area contributed by atoms with Crippen LogP contribution in [-0.4, -0.2) is 37.0 Å². The number of hydrogen-bond acceptors (Lipinski definition) is 5. The Balaban J connectivity index is 1.84. The third kappa shape index (κ3) is 4.56. The Morgan fingerprint density at radius 2 is 1.95 bits per heavy atom. The predicted molar refractivity (Wildman–Crippen MR) is 84.9 cm³/mol. The lowest BCUT2D eigenvalue weighted by Crippen LogP contribution is -2.37. The number of carbonyl (C=O) groups excluding carboxylic acids is 2. The van der Waals surface area contributed by atoms with Crippen LogP contribution in [0.25, 0.3) is 10.6 Å². The van der Waals surface area contributed by atoms with Crippen molar-refractivity contribution in [2.75, 3.05) is 20.2 Å². The summed E-state index contributed by atoms with van der Waals surface area (Å²) >= 11 is 1.58. The molecule has 2 amide bonds. The zero-order valence-corrected chi connectivity index (χ0v) is 13.2. The van der Waals surface area contributed by atoms with Gasteiger partial charge in [0.15, 0.2) is 6.61 Å². The summed E-state index contributed by atoms with van der Waals surface area (Å²) in [5.74, 6) is -0.00760. The van der Waals surface area contributed by atoms with E-state index in [4.69, 9.17) is 4.74 Å². The number of thiazole rings is 1. The Morgan fingerprint density at radius 1 is 1.23 bits per heavy atom. The number of amides is 2. The molecule has 0 saturated heterocycles. The van der Waals surface area contributed by atoms with E-state index in [1.54, 1.807) is 23.5 Å².